The van der Waals surface area contributed by atoms with Crippen LogP contribution in [-0.4, -0.2) is 32.9 Å². The Labute approximate surface area is 115 Å². The second-order valence-electron chi connectivity index (χ2n) is 5.07. The minimum atomic E-state index is -3.16. The lowest BCUT2D eigenvalue weighted by Crippen LogP contribution is -2.36. The number of nitrogens with zero attached hydrogens (tertiary/aromatic N) is 1. The van der Waals surface area contributed by atoms with E-state index in [0.717, 1.165) is 36.9 Å². The third-order valence-corrected chi connectivity index (χ3v) is 5.28. The van der Waals surface area contributed by atoms with Crippen LogP contribution in [0.2, 0.25) is 0 Å². The van der Waals surface area contributed by atoms with Gasteiger partial charge in [-0.15, -0.1) is 0 Å². The Balaban J connectivity index is 2.08. The number of sulfonamides is 1. The highest BCUT2D eigenvalue weighted by atomic mass is 32.2. The number of hydrogen-bond acceptors (Lipinski definition) is 3. The number of rotatable bonds is 5. The van der Waals surface area contributed by atoms with Crippen molar-refractivity contribution in [3.8, 4) is 0 Å². The van der Waals surface area contributed by atoms with Gasteiger partial charge in [-0.2, -0.15) is 0 Å². The summed E-state index contributed by atoms with van der Waals surface area (Å²) in [5.74, 6) is 0.116. The average Bonchev–Trinajstić information content (AvgIpc) is 2.40. The van der Waals surface area contributed by atoms with Gasteiger partial charge in [0, 0.05) is 19.6 Å². The molecule has 1 heterocycles. The van der Waals surface area contributed by atoms with E-state index in [4.69, 9.17) is 0 Å². The van der Waals surface area contributed by atoms with Crippen molar-refractivity contribution in [1.82, 2.24) is 9.62 Å². The van der Waals surface area contributed by atoms with Gasteiger partial charge < -0.3 is 5.32 Å². The predicted molar refractivity (Wildman–Crippen MR) is 77.3 cm³/mol. The molecule has 1 fully saturated rings. The Bertz CT molecular complexity index is 508. The summed E-state index contributed by atoms with van der Waals surface area (Å²) in [6, 6.07) is 7.79. The molecular weight excluding hydrogens is 260 g/mol. The van der Waals surface area contributed by atoms with Gasteiger partial charge in [-0.3, -0.25) is 0 Å². The molecule has 5 heteroatoms. The molecule has 1 saturated heterocycles. The van der Waals surface area contributed by atoms with Gasteiger partial charge in [0.05, 0.1) is 5.75 Å². The lowest BCUT2D eigenvalue weighted by atomic mass is 10.1. The van der Waals surface area contributed by atoms with Gasteiger partial charge in [-0.05, 0) is 31.0 Å². The molecule has 0 saturated carbocycles. The van der Waals surface area contributed by atoms with Crippen molar-refractivity contribution in [2.24, 2.45) is 0 Å². The Morgan fingerprint density at radius 3 is 2.53 bits per heavy atom. The SMILES string of the molecule is CNCc1cccc(CS(=O)(=O)N2CCCCC2)c1. The summed E-state index contributed by atoms with van der Waals surface area (Å²) >= 11 is 0. The highest BCUT2D eigenvalue weighted by Gasteiger charge is 2.23. The average molecular weight is 282 g/mol. The third-order valence-electron chi connectivity index (χ3n) is 3.43. The summed E-state index contributed by atoms with van der Waals surface area (Å²) in [5.41, 5.74) is 1.99. The number of nitrogens with one attached hydrogen (secondary N) is 1. The number of piperidine rings is 1. The monoisotopic (exact) mass is 282 g/mol. The van der Waals surface area contributed by atoms with Crippen LogP contribution in [0.15, 0.2) is 24.3 Å². The maximum atomic E-state index is 12.3. The Hall–Kier alpha value is -0.910. The van der Waals surface area contributed by atoms with E-state index in [1.807, 2.05) is 31.3 Å². The molecular formula is C14H22N2O2S. The molecule has 0 unspecified atom stereocenters. The van der Waals surface area contributed by atoms with E-state index < -0.39 is 10.0 Å². The quantitative estimate of drug-likeness (QED) is 0.894. The molecule has 0 spiro atoms. The molecule has 19 heavy (non-hydrogen) atoms. The van der Waals surface area contributed by atoms with Crippen molar-refractivity contribution < 1.29 is 8.42 Å². The Morgan fingerprint density at radius 2 is 1.84 bits per heavy atom. The van der Waals surface area contributed by atoms with Crippen molar-refractivity contribution in [2.45, 2.75) is 31.6 Å². The van der Waals surface area contributed by atoms with Crippen LogP contribution in [0.5, 0.6) is 0 Å². The molecule has 2 rings (SSSR count). The second-order valence-corrected chi connectivity index (χ2v) is 7.04. The zero-order valence-corrected chi connectivity index (χ0v) is 12.2. The summed E-state index contributed by atoms with van der Waals surface area (Å²) in [6.45, 7) is 2.12. The molecule has 1 aliphatic heterocycles. The second kappa shape index (κ2) is 6.50. The Morgan fingerprint density at radius 1 is 1.16 bits per heavy atom. The Kier molecular flexibility index (Phi) is 4.96. The van der Waals surface area contributed by atoms with E-state index in [9.17, 15) is 8.42 Å². The molecule has 1 aromatic rings. The minimum absolute atomic E-state index is 0.116. The molecule has 1 N–H and O–H groups in total. The van der Waals surface area contributed by atoms with E-state index in [2.05, 4.69) is 5.32 Å². The highest BCUT2D eigenvalue weighted by Crippen LogP contribution is 2.17. The molecule has 0 radical (unpaired) electrons. The smallest absolute Gasteiger partial charge is 0.218 e. The van der Waals surface area contributed by atoms with Gasteiger partial charge in [0.1, 0.15) is 0 Å². The van der Waals surface area contributed by atoms with Gasteiger partial charge in [-0.1, -0.05) is 30.7 Å². The van der Waals surface area contributed by atoms with Gasteiger partial charge >= 0.3 is 0 Å². The zero-order chi connectivity index (χ0) is 13.7. The molecule has 0 bridgehead atoms. The van der Waals surface area contributed by atoms with Crippen molar-refractivity contribution in [3.63, 3.8) is 0 Å². The largest absolute Gasteiger partial charge is 0.316 e. The first-order valence-corrected chi connectivity index (χ1v) is 8.43. The first-order valence-electron chi connectivity index (χ1n) is 6.82. The normalized spacial score (nSPS) is 17.5. The third kappa shape index (κ3) is 4.03. The van der Waals surface area contributed by atoms with Crippen LogP contribution in [-0.2, 0) is 22.3 Å². The fraction of sp³-hybridized carbons (Fsp3) is 0.571. The topological polar surface area (TPSA) is 49.4 Å². The van der Waals surface area contributed by atoms with Crippen LogP contribution in [0.4, 0.5) is 0 Å². The molecule has 1 aromatic carbocycles. The summed E-state index contributed by atoms with van der Waals surface area (Å²) in [6.07, 6.45) is 3.11. The number of hydrogen-bond donors (Lipinski definition) is 1. The van der Waals surface area contributed by atoms with Crippen LogP contribution >= 0.6 is 0 Å². The van der Waals surface area contributed by atoms with Crippen LogP contribution < -0.4 is 5.32 Å². The highest BCUT2D eigenvalue weighted by molar-refractivity contribution is 7.88. The maximum absolute atomic E-state index is 12.3. The minimum Gasteiger partial charge on any atom is -0.316 e. The zero-order valence-electron chi connectivity index (χ0n) is 11.4. The van der Waals surface area contributed by atoms with Gasteiger partial charge in [0.25, 0.3) is 0 Å². The standard InChI is InChI=1S/C14H22N2O2S/c1-15-11-13-6-5-7-14(10-13)12-19(17,18)16-8-3-2-4-9-16/h5-7,10,15H,2-4,8-9,11-12H2,1H3. The summed E-state index contributed by atoms with van der Waals surface area (Å²) in [7, 11) is -1.27. The molecule has 0 amide bonds. The van der Waals surface area contributed by atoms with Crippen LogP contribution in [0.3, 0.4) is 0 Å². The molecule has 1 aliphatic rings. The molecule has 4 nitrogen and oxygen atoms in total. The van der Waals surface area contributed by atoms with E-state index in [1.165, 1.54) is 0 Å². The van der Waals surface area contributed by atoms with E-state index in [0.29, 0.717) is 13.1 Å². The maximum Gasteiger partial charge on any atom is 0.218 e. The summed E-state index contributed by atoms with van der Waals surface area (Å²) in [5, 5.41) is 3.08. The summed E-state index contributed by atoms with van der Waals surface area (Å²) < 4.78 is 26.3. The molecule has 106 valence electrons. The fourth-order valence-corrected chi connectivity index (χ4v) is 4.08. The number of benzene rings is 1. The first-order chi connectivity index (χ1) is 9.12. The fourth-order valence-electron chi connectivity index (χ4n) is 2.48. The lowest BCUT2D eigenvalue weighted by molar-refractivity contribution is 0.346. The summed E-state index contributed by atoms with van der Waals surface area (Å²) in [4.78, 5) is 0. The van der Waals surface area contributed by atoms with Crippen LogP contribution in [0, 0.1) is 0 Å². The first kappa shape index (κ1) is 14.5. The van der Waals surface area contributed by atoms with Crippen molar-refractivity contribution >= 4 is 10.0 Å². The lowest BCUT2D eigenvalue weighted by Gasteiger charge is -2.25. The van der Waals surface area contributed by atoms with Crippen LogP contribution in [0.25, 0.3) is 0 Å². The van der Waals surface area contributed by atoms with Crippen molar-refractivity contribution in [2.75, 3.05) is 20.1 Å². The van der Waals surface area contributed by atoms with Crippen LogP contribution in [0.1, 0.15) is 30.4 Å². The molecule has 0 aromatic heterocycles. The molecule has 0 aliphatic carbocycles. The predicted octanol–water partition coefficient (Wildman–Crippen LogP) is 1.72. The van der Waals surface area contributed by atoms with Gasteiger partial charge in [0.2, 0.25) is 10.0 Å². The van der Waals surface area contributed by atoms with E-state index in [-0.39, 0.29) is 5.75 Å². The van der Waals surface area contributed by atoms with Crippen molar-refractivity contribution in [3.05, 3.63) is 35.4 Å². The van der Waals surface area contributed by atoms with Gasteiger partial charge in [0.15, 0.2) is 0 Å². The molecule has 0 atom stereocenters. The van der Waals surface area contributed by atoms with Crippen molar-refractivity contribution in [1.29, 1.82) is 0 Å². The van der Waals surface area contributed by atoms with E-state index in [1.54, 1.807) is 4.31 Å². The van der Waals surface area contributed by atoms with E-state index >= 15 is 0 Å². The van der Waals surface area contributed by atoms with Gasteiger partial charge in [-0.25, -0.2) is 12.7 Å².